The molecule has 32 heavy (non-hydrogen) atoms. The lowest BCUT2D eigenvalue weighted by Gasteiger charge is -2.27. The minimum atomic E-state index is -3.96. The molecule has 2 aliphatic rings. The number of rotatable bonds is 4. The lowest BCUT2D eigenvalue weighted by molar-refractivity contribution is -0.122. The number of hydrogen-bond acceptors (Lipinski definition) is 5. The first-order chi connectivity index (χ1) is 15.1. The standard InChI is InChI=1S/C23H27N3O5S/c1-13-7-5-8-17(15(13)3)24-23(28)19-9-6-10-26(19)32(29,30)21-12-20-18(11-14(21)2)25-22(27)16(4)31-20/h5,7-8,11-12,16,19H,6,9-10H2,1-4H3,(H,24,28)(H,25,27)/t16-,19-/m0/s1. The molecule has 2 N–H and O–H groups in total. The van der Waals surface area contributed by atoms with Gasteiger partial charge in [0.2, 0.25) is 15.9 Å². The van der Waals surface area contributed by atoms with Crippen molar-refractivity contribution in [2.24, 2.45) is 0 Å². The molecule has 8 nitrogen and oxygen atoms in total. The van der Waals surface area contributed by atoms with Gasteiger partial charge in [0.05, 0.1) is 10.6 Å². The monoisotopic (exact) mass is 457 g/mol. The Balaban J connectivity index is 1.63. The lowest BCUT2D eigenvalue weighted by Crippen LogP contribution is -2.43. The van der Waals surface area contributed by atoms with Gasteiger partial charge in [0.15, 0.2) is 6.10 Å². The molecule has 2 aromatic carbocycles. The summed E-state index contributed by atoms with van der Waals surface area (Å²) < 4.78 is 34.0. The number of hydrogen-bond donors (Lipinski definition) is 2. The van der Waals surface area contributed by atoms with Gasteiger partial charge in [-0.3, -0.25) is 9.59 Å². The van der Waals surface area contributed by atoms with E-state index in [0.717, 1.165) is 11.1 Å². The van der Waals surface area contributed by atoms with Crippen LogP contribution >= 0.6 is 0 Å². The summed E-state index contributed by atoms with van der Waals surface area (Å²) in [5.74, 6) is -0.320. The van der Waals surface area contributed by atoms with Crippen LogP contribution in [0.2, 0.25) is 0 Å². The fraction of sp³-hybridized carbons (Fsp3) is 0.391. The van der Waals surface area contributed by atoms with Gasteiger partial charge in [-0.1, -0.05) is 12.1 Å². The first-order valence-electron chi connectivity index (χ1n) is 10.6. The molecule has 2 amide bonds. The highest BCUT2D eigenvalue weighted by Gasteiger charge is 2.41. The Labute approximate surface area is 188 Å². The van der Waals surface area contributed by atoms with Gasteiger partial charge in [0.1, 0.15) is 11.8 Å². The van der Waals surface area contributed by atoms with Gasteiger partial charge < -0.3 is 15.4 Å². The minimum Gasteiger partial charge on any atom is -0.479 e. The van der Waals surface area contributed by atoms with E-state index in [-0.39, 0.29) is 23.3 Å². The maximum atomic E-state index is 13.6. The Morgan fingerprint density at radius 1 is 1.19 bits per heavy atom. The second kappa shape index (κ2) is 8.22. The largest absolute Gasteiger partial charge is 0.479 e. The fourth-order valence-corrected chi connectivity index (χ4v) is 6.02. The average Bonchev–Trinajstić information content (AvgIpc) is 3.23. The van der Waals surface area contributed by atoms with Crippen molar-refractivity contribution >= 4 is 33.2 Å². The highest BCUT2D eigenvalue weighted by atomic mass is 32.2. The molecule has 0 aromatic heterocycles. The van der Waals surface area contributed by atoms with Crippen LogP contribution in [0.4, 0.5) is 11.4 Å². The van der Waals surface area contributed by atoms with Gasteiger partial charge in [0.25, 0.3) is 5.91 Å². The second-order valence-electron chi connectivity index (χ2n) is 8.37. The van der Waals surface area contributed by atoms with Gasteiger partial charge in [-0.2, -0.15) is 4.31 Å². The molecule has 1 saturated heterocycles. The minimum absolute atomic E-state index is 0.0750. The van der Waals surface area contributed by atoms with E-state index < -0.39 is 22.2 Å². The molecule has 2 aromatic rings. The zero-order valence-corrected chi connectivity index (χ0v) is 19.4. The molecular formula is C23H27N3O5S. The summed E-state index contributed by atoms with van der Waals surface area (Å²) in [5.41, 5.74) is 3.59. The predicted molar refractivity (Wildman–Crippen MR) is 121 cm³/mol. The predicted octanol–water partition coefficient (Wildman–Crippen LogP) is 3.12. The summed E-state index contributed by atoms with van der Waals surface area (Å²) in [5, 5.41) is 5.63. The third-order valence-electron chi connectivity index (χ3n) is 6.16. The maximum Gasteiger partial charge on any atom is 0.265 e. The van der Waals surface area contributed by atoms with E-state index in [4.69, 9.17) is 4.74 Å². The van der Waals surface area contributed by atoms with Crippen LogP contribution < -0.4 is 15.4 Å². The summed E-state index contributed by atoms with van der Waals surface area (Å²) in [6.45, 7) is 7.41. The topological polar surface area (TPSA) is 105 Å². The van der Waals surface area contributed by atoms with Crippen LogP contribution in [-0.4, -0.2) is 43.2 Å². The van der Waals surface area contributed by atoms with E-state index in [1.807, 2.05) is 32.0 Å². The van der Waals surface area contributed by atoms with Crippen molar-refractivity contribution in [2.75, 3.05) is 17.2 Å². The van der Waals surface area contributed by atoms with Gasteiger partial charge in [0, 0.05) is 18.3 Å². The molecule has 2 aliphatic heterocycles. The number of benzene rings is 2. The van der Waals surface area contributed by atoms with E-state index in [2.05, 4.69) is 10.6 Å². The molecule has 1 fully saturated rings. The zero-order valence-electron chi connectivity index (χ0n) is 18.6. The number of ether oxygens (including phenoxy) is 1. The van der Waals surface area contributed by atoms with Gasteiger partial charge in [-0.15, -0.1) is 0 Å². The normalized spacial score (nSPS) is 20.9. The number of fused-ring (bicyclic) bond motifs is 1. The molecule has 0 aliphatic carbocycles. The summed E-state index contributed by atoms with van der Waals surface area (Å²) in [6.07, 6.45) is 0.324. The molecule has 2 heterocycles. The van der Waals surface area contributed by atoms with Crippen LogP contribution in [0.25, 0.3) is 0 Å². The smallest absolute Gasteiger partial charge is 0.265 e. The van der Waals surface area contributed by atoms with Crippen molar-refractivity contribution in [1.29, 1.82) is 0 Å². The van der Waals surface area contributed by atoms with E-state index in [1.54, 1.807) is 19.9 Å². The van der Waals surface area contributed by atoms with Crippen LogP contribution in [-0.2, 0) is 19.6 Å². The average molecular weight is 458 g/mol. The number of anilines is 2. The molecule has 0 bridgehead atoms. The Kier molecular flexibility index (Phi) is 5.72. The first-order valence-corrected chi connectivity index (χ1v) is 12.0. The van der Waals surface area contributed by atoms with Crippen molar-refractivity contribution in [1.82, 2.24) is 4.31 Å². The highest BCUT2D eigenvalue weighted by molar-refractivity contribution is 7.89. The summed E-state index contributed by atoms with van der Waals surface area (Å²) in [6, 6.07) is 7.86. The number of amides is 2. The molecule has 2 atom stereocenters. The summed E-state index contributed by atoms with van der Waals surface area (Å²) >= 11 is 0. The lowest BCUT2D eigenvalue weighted by atomic mass is 10.1. The number of nitrogens with zero attached hydrogens (tertiary/aromatic N) is 1. The number of nitrogens with one attached hydrogen (secondary N) is 2. The van der Waals surface area contributed by atoms with E-state index in [9.17, 15) is 18.0 Å². The van der Waals surface area contributed by atoms with Crippen LogP contribution in [0, 0.1) is 20.8 Å². The highest BCUT2D eigenvalue weighted by Crippen LogP contribution is 2.37. The number of carbonyl (C=O) groups excluding carboxylic acids is 2. The molecule has 4 rings (SSSR count). The van der Waals surface area contributed by atoms with Gasteiger partial charge in [-0.05, 0) is 69.4 Å². The SMILES string of the molecule is Cc1cc2c(cc1S(=O)(=O)N1CCC[C@H]1C(=O)Nc1cccc(C)c1C)O[C@@H](C)C(=O)N2. The van der Waals surface area contributed by atoms with Crippen molar-refractivity contribution in [3.63, 3.8) is 0 Å². The Morgan fingerprint density at radius 2 is 1.94 bits per heavy atom. The molecule has 0 unspecified atom stereocenters. The van der Waals surface area contributed by atoms with Crippen molar-refractivity contribution < 1.29 is 22.7 Å². The van der Waals surface area contributed by atoms with Crippen LogP contribution in [0.5, 0.6) is 5.75 Å². The van der Waals surface area contributed by atoms with Gasteiger partial charge in [-0.25, -0.2) is 8.42 Å². The summed E-state index contributed by atoms with van der Waals surface area (Å²) in [4.78, 5) is 25.0. The molecule has 9 heteroatoms. The van der Waals surface area contributed by atoms with Gasteiger partial charge >= 0.3 is 0 Å². The van der Waals surface area contributed by atoms with Crippen LogP contribution in [0.15, 0.2) is 35.2 Å². The summed E-state index contributed by atoms with van der Waals surface area (Å²) in [7, 11) is -3.96. The van der Waals surface area contributed by atoms with Crippen molar-refractivity contribution in [3.05, 3.63) is 47.0 Å². The Morgan fingerprint density at radius 3 is 2.69 bits per heavy atom. The van der Waals surface area contributed by atoms with E-state index in [1.165, 1.54) is 10.4 Å². The number of aryl methyl sites for hydroxylation is 2. The fourth-order valence-electron chi connectivity index (χ4n) is 4.14. The number of carbonyl (C=O) groups is 2. The first kappa shape index (κ1) is 22.3. The molecule has 0 saturated carbocycles. The molecule has 0 radical (unpaired) electrons. The van der Waals surface area contributed by atoms with Crippen LogP contribution in [0.1, 0.15) is 36.5 Å². The van der Waals surface area contributed by atoms with Crippen LogP contribution in [0.3, 0.4) is 0 Å². The third-order valence-corrected chi connectivity index (χ3v) is 8.21. The van der Waals surface area contributed by atoms with E-state index in [0.29, 0.717) is 35.5 Å². The van der Waals surface area contributed by atoms with Crippen molar-refractivity contribution in [3.8, 4) is 5.75 Å². The third kappa shape index (κ3) is 3.86. The Hall–Kier alpha value is -2.91. The second-order valence-corrected chi connectivity index (χ2v) is 10.2. The maximum absolute atomic E-state index is 13.6. The molecule has 170 valence electrons. The van der Waals surface area contributed by atoms with E-state index >= 15 is 0 Å². The Bertz CT molecular complexity index is 1210. The van der Waals surface area contributed by atoms with Crippen molar-refractivity contribution in [2.45, 2.75) is 57.6 Å². The quantitative estimate of drug-likeness (QED) is 0.734. The number of sulfonamides is 1. The molecule has 0 spiro atoms. The molecular weight excluding hydrogens is 430 g/mol. The zero-order chi connectivity index (χ0) is 23.2.